The summed E-state index contributed by atoms with van der Waals surface area (Å²) in [5, 5.41) is 63.0. The monoisotopic (exact) mass is 1200 g/mol. The number of hydrogen-bond acceptors (Lipinski definition) is 18. The number of amides is 8. The largest absolute Gasteiger partial charge is 0.507 e. The van der Waals surface area contributed by atoms with Crippen molar-refractivity contribution in [1.29, 1.82) is 0 Å². The minimum atomic E-state index is -1.29. The van der Waals surface area contributed by atoms with Crippen LogP contribution in [0.15, 0.2) is 97.1 Å². The lowest BCUT2D eigenvalue weighted by Crippen LogP contribution is -2.44. The first-order valence-corrected chi connectivity index (χ1v) is 28.2. The van der Waals surface area contributed by atoms with E-state index in [4.69, 9.17) is 33.4 Å². The zero-order valence-corrected chi connectivity index (χ0v) is 48.1. The molecule has 5 aromatic rings. The predicted molar refractivity (Wildman–Crippen MR) is 327 cm³/mol. The Morgan fingerprint density at radius 3 is 1.13 bits per heavy atom. The molecule has 0 aliphatic heterocycles. The van der Waals surface area contributed by atoms with Crippen molar-refractivity contribution in [3.63, 3.8) is 0 Å². The number of nitrogens with two attached hydrogens (primary N) is 5. The van der Waals surface area contributed by atoms with Crippen LogP contribution in [0, 0.1) is 0 Å². The lowest BCUT2D eigenvalue weighted by molar-refractivity contribution is -0.118. The molecule has 5 rings (SSSR count). The summed E-state index contributed by atoms with van der Waals surface area (Å²) in [6.07, 6.45) is 4.42. The SMILES string of the molecule is COc1ccc(NC(=O)[C@H](CCCCN)NC(=O)c2cc(NC(=O)[C@H](CCCCN)NC(=O)c3cc(NC(=O)[C@H](CCCCN)NC(=O)c4cc(NC(=O)[C@@H](N)CCCCN)ccc4O)ccc3O)ccc2O)cc1C(=O)Nc1cccc(C(=O)O)c1. The Morgan fingerprint density at radius 2 is 0.759 bits per heavy atom. The number of rotatable bonds is 34. The first-order valence-electron chi connectivity index (χ1n) is 28.2. The van der Waals surface area contributed by atoms with Crippen LogP contribution in [-0.2, 0) is 19.2 Å². The van der Waals surface area contributed by atoms with Gasteiger partial charge in [-0.15, -0.1) is 0 Å². The molecule has 87 heavy (non-hydrogen) atoms. The minimum Gasteiger partial charge on any atom is -0.507 e. The van der Waals surface area contributed by atoms with Gasteiger partial charge in [-0.25, -0.2) is 4.79 Å². The van der Waals surface area contributed by atoms with E-state index in [1.165, 1.54) is 79.9 Å². The number of nitrogens with one attached hydrogen (secondary N) is 8. The number of carboxylic acids is 1. The second-order valence-corrected chi connectivity index (χ2v) is 20.2. The van der Waals surface area contributed by atoms with Crippen LogP contribution in [0.25, 0.3) is 0 Å². The van der Waals surface area contributed by atoms with Gasteiger partial charge in [-0.1, -0.05) is 12.5 Å². The molecule has 0 saturated carbocycles. The highest BCUT2D eigenvalue weighted by molar-refractivity contribution is 6.09. The van der Waals surface area contributed by atoms with Crippen LogP contribution in [0.1, 0.15) is 129 Å². The van der Waals surface area contributed by atoms with Crippen molar-refractivity contribution < 1.29 is 68.3 Å². The summed E-state index contributed by atoms with van der Waals surface area (Å²) in [6, 6.07) is 16.2. The van der Waals surface area contributed by atoms with Gasteiger partial charge in [0.1, 0.15) is 41.1 Å². The van der Waals surface area contributed by atoms with E-state index in [0.29, 0.717) is 64.3 Å². The summed E-state index contributed by atoms with van der Waals surface area (Å²) in [5.41, 5.74) is 28.2. The number of ether oxygens (including phenoxy) is 1. The topological polar surface area (TPSA) is 470 Å². The van der Waals surface area contributed by atoms with Crippen LogP contribution in [0.4, 0.5) is 28.4 Å². The van der Waals surface area contributed by atoms with Gasteiger partial charge in [0, 0.05) is 28.4 Å². The highest BCUT2D eigenvalue weighted by atomic mass is 16.5. The number of carbonyl (C=O) groups is 9. The molecule has 8 amide bonds. The highest BCUT2D eigenvalue weighted by Crippen LogP contribution is 2.28. The van der Waals surface area contributed by atoms with Crippen LogP contribution in [-0.4, -0.2) is 131 Å². The number of carboxylic acid groups (broad SMARTS) is 1. The van der Waals surface area contributed by atoms with Crippen LogP contribution in [0.2, 0.25) is 0 Å². The first-order chi connectivity index (χ1) is 41.7. The summed E-state index contributed by atoms with van der Waals surface area (Å²) in [7, 11) is 1.33. The van der Waals surface area contributed by atoms with Crippen LogP contribution in [0.5, 0.6) is 23.0 Å². The maximum Gasteiger partial charge on any atom is 0.335 e. The van der Waals surface area contributed by atoms with Gasteiger partial charge in [0.25, 0.3) is 23.6 Å². The van der Waals surface area contributed by atoms with Crippen molar-refractivity contribution in [3.8, 4) is 23.0 Å². The highest BCUT2D eigenvalue weighted by Gasteiger charge is 2.29. The third-order valence-corrected chi connectivity index (χ3v) is 13.6. The fraction of sp³-hybridized carbons (Fsp3) is 0.350. The molecule has 4 atom stereocenters. The van der Waals surface area contributed by atoms with Crippen molar-refractivity contribution in [2.75, 3.05) is 59.9 Å². The van der Waals surface area contributed by atoms with Crippen LogP contribution in [0.3, 0.4) is 0 Å². The summed E-state index contributed by atoms with van der Waals surface area (Å²) in [6.45, 7) is 1.26. The smallest absolute Gasteiger partial charge is 0.335 e. The summed E-state index contributed by atoms with van der Waals surface area (Å²) < 4.78 is 5.37. The average Bonchev–Trinajstić information content (AvgIpc) is 3.60. The number of hydrogen-bond donors (Lipinski definition) is 17. The normalized spacial score (nSPS) is 12.3. The van der Waals surface area contributed by atoms with Gasteiger partial charge in [-0.05, 0) is 188 Å². The zero-order chi connectivity index (χ0) is 63.6. The van der Waals surface area contributed by atoms with E-state index in [0.717, 1.165) is 24.3 Å². The number of phenols is 3. The molecule has 0 aromatic heterocycles. The van der Waals surface area contributed by atoms with E-state index in [-0.39, 0.29) is 101 Å². The minimum absolute atomic E-state index is 0.00585. The third-order valence-electron chi connectivity index (χ3n) is 13.6. The Labute approximate surface area is 501 Å². The Kier molecular flexibility index (Phi) is 26.9. The number of benzene rings is 5. The molecule has 466 valence electrons. The maximum absolute atomic E-state index is 14.0. The van der Waals surface area contributed by atoms with E-state index in [9.17, 15) is 63.6 Å². The molecule has 0 unspecified atom stereocenters. The molecule has 0 fully saturated rings. The molecule has 0 heterocycles. The lowest BCUT2D eigenvalue weighted by atomic mass is 10.1. The van der Waals surface area contributed by atoms with Crippen molar-refractivity contribution in [1.82, 2.24) is 16.0 Å². The second kappa shape index (κ2) is 34.3. The summed E-state index contributed by atoms with van der Waals surface area (Å²) in [5.74, 6) is -8.71. The van der Waals surface area contributed by atoms with Crippen LogP contribution >= 0.6 is 0 Å². The van der Waals surface area contributed by atoms with E-state index < -0.39 is 94.6 Å². The van der Waals surface area contributed by atoms with Gasteiger partial charge in [-0.3, -0.25) is 38.4 Å². The Balaban J connectivity index is 1.29. The Hall–Kier alpha value is -9.67. The summed E-state index contributed by atoms with van der Waals surface area (Å²) in [4.78, 5) is 121. The number of anilines is 5. The molecule has 0 aliphatic carbocycles. The molecule has 22 N–H and O–H groups in total. The molecule has 27 nitrogen and oxygen atoms in total. The maximum atomic E-state index is 14.0. The molecule has 5 aromatic carbocycles. The summed E-state index contributed by atoms with van der Waals surface area (Å²) >= 11 is 0. The third kappa shape index (κ3) is 20.8. The first kappa shape index (κ1) is 68.1. The molecular formula is C60H77N13O14. The van der Waals surface area contributed by atoms with Gasteiger partial charge in [0.05, 0.1) is 41.0 Å². The number of aromatic hydroxyl groups is 3. The molecule has 0 spiro atoms. The Bertz CT molecular complexity index is 3250. The van der Waals surface area contributed by atoms with E-state index in [2.05, 4.69) is 42.5 Å². The molecule has 27 heteroatoms. The fourth-order valence-corrected chi connectivity index (χ4v) is 8.83. The molecule has 0 saturated heterocycles. The van der Waals surface area contributed by atoms with E-state index in [1.807, 2.05) is 0 Å². The zero-order valence-electron chi connectivity index (χ0n) is 48.1. The van der Waals surface area contributed by atoms with Crippen molar-refractivity contribution in [2.45, 2.75) is 101 Å². The van der Waals surface area contributed by atoms with Gasteiger partial charge in [-0.2, -0.15) is 0 Å². The lowest BCUT2D eigenvalue weighted by Gasteiger charge is -2.21. The molecule has 0 bridgehead atoms. The number of phenolic OH excluding ortho intramolecular Hbond substituents is 3. The molecular weight excluding hydrogens is 1130 g/mol. The number of aromatic carboxylic acids is 1. The second-order valence-electron chi connectivity index (χ2n) is 20.2. The van der Waals surface area contributed by atoms with Crippen molar-refractivity contribution in [3.05, 3.63) is 125 Å². The average molecular weight is 1200 g/mol. The van der Waals surface area contributed by atoms with Gasteiger partial charge < -0.3 is 96.4 Å². The van der Waals surface area contributed by atoms with Crippen molar-refractivity contribution >= 4 is 81.7 Å². The standard InChI is InChI=1S/C60H77N13O14/c1-87-51-24-20-39(33-43(51)55(80)66-35-12-10-11-34(29-35)60(85)86)70-59(84)47(16-5-9-28-64)73-54(79)42-32-38(19-23-50(42)76)69-58(83)46(15-4-8-27-63)72-53(78)41-31-37(18-22-49(41)75)68-57(82)45(14-3-7-26-62)71-52(77)40-30-36(17-21-48(40)74)67-56(81)44(65)13-2-6-25-61/h10-12,17-24,29-33,44-47,74-76H,2-9,13-16,25-28,61-65H2,1H3,(H,66,80)(H,67,81)(H,68,82)(H,69,83)(H,70,84)(H,71,77)(H,72,78)(H,73,79)(H,85,86)/t44-,45-,46-,47-/m0/s1. The van der Waals surface area contributed by atoms with Crippen LogP contribution < -0.4 is 75.9 Å². The van der Waals surface area contributed by atoms with Gasteiger partial charge >= 0.3 is 5.97 Å². The Morgan fingerprint density at radius 1 is 0.414 bits per heavy atom. The van der Waals surface area contributed by atoms with E-state index >= 15 is 0 Å². The fourth-order valence-electron chi connectivity index (χ4n) is 8.83. The predicted octanol–water partition coefficient (Wildman–Crippen LogP) is 3.76. The molecule has 0 radical (unpaired) electrons. The van der Waals surface area contributed by atoms with Crippen molar-refractivity contribution in [2.24, 2.45) is 28.7 Å². The van der Waals surface area contributed by atoms with Gasteiger partial charge in [0.2, 0.25) is 23.6 Å². The molecule has 0 aliphatic rings. The number of unbranched alkanes of at least 4 members (excludes halogenated alkanes) is 4. The number of methoxy groups -OCH3 is 1. The van der Waals surface area contributed by atoms with E-state index in [1.54, 1.807) is 0 Å². The number of carbonyl (C=O) groups excluding carboxylic acids is 8. The van der Waals surface area contributed by atoms with Gasteiger partial charge in [0.15, 0.2) is 0 Å². The quantitative estimate of drug-likeness (QED) is 0.0206.